The summed E-state index contributed by atoms with van der Waals surface area (Å²) in [4.78, 5) is 19.8. The minimum atomic E-state index is 0.188. The van der Waals surface area contributed by atoms with Gasteiger partial charge in [-0.05, 0) is 57.0 Å². The first-order valence-electron chi connectivity index (χ1n) is 10.0. The molecule has 0 spiro atoms. The molecule has 138 valence electrons. The van der Waals surface area contributed by atoms with Crippen molar-refractivity contribution in [1.29, 1.82) is 0 Å². The molecule has 0 aliphatic carbocycles. The zero-order valence-electron chi connectivity index (χ0n) is 15.9. The van der Waals surface area contributed by atoms with E-state index in [1.165, 1.54) is 44.3 Å². The average Bonchev–Trinajstić information content (AvgIpc) is 2.68. The summed E-state index contributed by atoms with van der Waals surface area (Å²) in [6.07, 6.45) is 5.18. The Bertz CT molecular complexity index is 543. The number of hydrogen-bond acceptors (Lipinski definition) is 3. The van der Waals surface area contributed by atoms with Crippen LogP contribution in [0.4, 0.5) is 0 Å². The summed E-state index contributed by atoms with van der Waals surface area (Å²) in [6.45, 7) is 11.6. The van der Waals surface area contributed by atoms with Crippen LogP contribution in [0.1, 0.15) is 55.5 Å². The van der Waals surface area contributed by atoms with Crippen LogP contribution in [0.3, 0.4) is 0 Å². The lowest BCUT2D eigenvalue weighted by Crippen LogP contribution is -2.51. The van der Waals surface area contributed by atoms with E-state index < -0.39 is 0 Å². The van der Waals surface area contributed by atoms with Crippen LogP contribution in [0.15, 0.2) is 24.3 Å². The molecule has 2 heterocycles. The number of benzene rings is 1. The molecule has 1 unspecified atom stereocenters. The number of carbonyl (C=O) groups is 1. The van der Waals surface area contributed by atoms with E-state index in [0.29, 0.717) is 6.04 Å². The molecule has 2 saturated heterocycles. The Hall–Kier alpha value is -1.39. The summed E-state index contributed by atoms with van der Waals surface area (Å²) >= 11 is 0. The smallest absolute Gasteiger partial charge is 0.253 e. The van der Waals surface area contributed by atoms with Crippen molar-refractivity contribution < 1.29 is 4.79 Å². The zero-order chi connectivity index (χ0) is 17.6. The van der Waals surface area contributed by atoms with Crippen molar-refractivity contribution >= 4 is 5.91 Å². The maximum atomic E-state index is 12.7. The summed E-state index contributed by atoms with van der Waals surface area (Å²) in [5.74, 6) is 0.188. The van der Waals surface area contributed by atoms with Crippen LogP contribution >= 0.6 is 0 Å². The number of nitrogens with zero attached hydrogens (tertiary/aromatic N) is 3. The second-order valence-corrected chi connectivity index (χ2v) is 7.62. The van der Waals surface area contributed by atoms with Crippen LogP contribution in [0.25, 0.3) is 0 Å². The number of piperazine rings is 1. The highest BCUT2D eigenvalue weighted by atomic mass is 16.2. The minimum absolute atomic E-state index is 0.188. The second-order valence-electron chi connectivity index (χ2n) is 7.62. The first-order valence-corrected chi connectivity index (χ1v) is 10.0. The predicted molar refractivity (Wildman–Crippen MR) is 103 cm³/mol. The van der Waals surface area contributed by atoms with E-state index in [2.05, 4.69) is 35.8 Å². The van der Waals surface area contributed by atoms with E-state index in [4.69, 9.17) is 0 Å². The predicted octanol–water partition coefficient (Wildman–Crippen LogP) is 3.23. The van der Waals surface area contributed by atoms with Crippen LogP contribution in [-0.2, 0) is 6.54 Å². The van der Waals surface area contributed by atoms with Crippen LogP contribution in [0, 0.1) is 0 Å². The van der Waals surface area contributed by atoms with E-state index in [1.54, 1.807) is 0 Å². The fraction of sp³-hybridized carbons (Fsp3) is 0.667. The van der Waals surface area contributed by atoms with Gasteiger partial charge in [0.1, 0.15) is 0 Å². The van der Waals surface area contributed by atoms with Crippen molar-refractivity contribution in [1.82, 2.24) is 14.7 Å². The largest absolute Gasteiger partial charge is 0.336 e. The average molecular weight is 344 g/mol. The van der Waals surface area contributed by atoms with E-state index in [9.17, 15) is 4.79 Å². The van der Waals surface area contributed by atoms with Crippen molar-refractivity contribution in [2.75, 3.05) is 39.3 Å². The highest BCUT2D eigenvalue weighted by Crippen LogP contribution is 2.16. The molecular formula is C21H33N3O. The summed E-state index contributed by atoms with van der Waals surface area (Å²) in [6, 6.07) is 8.92. The molecule has 2 aliphatic rings. The van der Waals surface area contributed by atoms with Gasteiger partial charge in [-0.3, -0.25) is 14.6 Å². The maximum absolute atomic E-state index is 12.7. The summed E-state index contributed by atoms with van der Waals surface area (Å²) in [5.41, 5.74) is 2.15. The molecule has 1 aromatic carbocycles. The number of hydrogen-bond donors (Lipinski definition) is 0. The number of rotatable bonds is 5. The number of carbonyl (C=O) groups excluding carboxylic acids is 1. The quantitative estimate of drug-likeness (QED) is 0.821. The fourth-order valence-electron chi connectivity index (χ4n) is 3.94. The zero-order valence-corrected chi connectivity index (χ0v) is 15.9. The molecule has 1 aromatic rings. The fourth-order valence-corrected chi connectivity index (χ4v) is 3.94. The van der Waals surface area contributed by atoms with Gasteiger partial charge < -0.3 is 4.90 Å². The Balaban J connectivity index is 1.52. The molecule has 3 rings (SSSR count). The Morgan fingerprint density at radius 1 is 0.960 bits per heavy atom. The van der Waals surface area contributed by atoms with Crippen molar-refractivity contribution in [3.63, 3.8) is 0 Å². The second kappa shape index (κ2) is 8.81. The van der Waals surface area contributed by atoms with Gasteiger partial charge in [-0.15, -0.1) is 0 Å². The molecule has 2 aliphatic heterocycles. The molecule has 1 atom stereocenters. The Kier molecular flexibility index (Phi) is 6.49. The number of likely N-dealkylation sites (tertiary alicyclic amines) is 1. The van der Waals surface area contributed by atoms with Crippen LogP contribution < -0.4 is 0 Å². The SMILES string of the molecule is CCC(C)N1CCN(C(=O)c2ccc(CN3CCCCC3)cc2)CC1. The van der Waals surface area contributed by atoms with Crippen LogP contribution in [0.5, 0.6) is 0 Å². The van der Waals surface area contributed by atoms with Gasteiger partial charge in [0, 0.05) is 44.3 Å². The monoisotopic (exact) mass is 343 g/mol. The van der Waals surface area contributed by atoms with Crippen LogP contribution in [0.2, 0.25) is 0 Å². The standard InChI is InChI=1S/C21H33N3O/c1-3-18(2)23-13-15-24(16-14-23)21(25)20-9-7-19(8-10-20)17-22-11-5-4-6-12-22/h7-10,18H,3-6,11-17H2,1-2H3. The first-order chi connectivity index (χ1) is 12.2. The molecule has 0 bridgehead atoms. The lowest BCUT2D eigenvalue weighted by atomic mass is 10.1. The highest BCUT2D eigenvalue weighted by molar-refractivity contribution is 5.94. The molecule has 4 heteroatoms. The van der Waals surface area contributed by atoms with Gasteiger partial charge in [0.2, 0.25) is 0 Å². The summed E-state index contributed by atoms with van der Waals surface area (Å²) in [5, 5.41) is 0. The summed E-state index contributed by atoms with van der Waals surface area (Å²) < 4.78 is 0. The van der Waals surface area contributed by atoms with E-state index in [-0.39, 0.29) is 5.91 Å². The molecule has 1 amide bonds. The van der Waals surface area contributed by atoms with Gasteiger partial charge in [0.15, 0.2) is 0 Å². The third-order valence-electron chi connectivity index (χ3n) is 5.87. The minimum Gasteiger partial charge on any atom is -0.336 e. The topological polar surface area (TPSA) is 26.8 Å². The van der Waals surface area contributed by atoms with Crippen molar-refractivity contribution in [3.8, 4) is 0 Å². The van der Waals surface area contributed by atoms with Gasteiger partial charge in [-0.25, -0.2) is 0 Å². The van der Waals surface area contributed by atoms with Gasteiger partial charge in [-0.2, -0.15) is 0 Å². The third kappa shape index (κ3) is 4.83. The highest BCUT2D eigenvalue weighted by Gasteiger charge is 2.24. The Morgan fingerprint density at radius 3 is 2.20 bits per heavy atom. The van der Waals surface area contributed by atoms with E-state index >= 15 is 0 Å². The number of piperidine rings is 1. The van der Waals surface area contributed by atoms with Crippen molar-refractivity contribution in [2.24, 2.45) is 0 Å². The van der Waals surface area contributed by atoms with E-state index in [1.807, 2.05) is 17.0 Å². The molecule has 4 nitrogen and oxygen atoms in total. The lowest BCUT2D eigenvalue weighted by molar-refractivity contribution is 0.0579. The molecule has 25 heavy (non-hydrogen) atoms. The molecule has 0 aromatic heterocycles. The summed E-state index contributed by atoms with van der Waals surface area (Å²) in [7, 11) is 0. The Labute approximate surface area is 152 Å². The maximum Gasteiger partial charge on any atom is 0.253 e. The molecule has 0 saturated carbocycles. The molecular weight excluding hydrogens is 310 g/mol. The lowest BCUT2D eigenvalue weighted by Gasteiger charge is -2.37. The van der Waals surface area contributed by atoms with Crippen molar-refractivity contribution in [3.05, 3.63) is 35.4 Å². The van der Waals surface area contributed by atoms with E-state index in [0.717, 1.165) is 38.3 Å². The number of amides is 1. The van der Waals surface area contributed by atoms with Crippen LogP contribution in [-0.4, -0.2) is 65.9 Å². The van der Waals surface area contributed by atoms with Gasteiger partial charge in [-0.1, -0.05) is 25.5 Å². The van der Waals surface area contributed by atoms with Gasteiger partial charge >= 0.3 is 0 Å². The van der Waals surface area contributed by atoms with Gasteiger partial charge in [0.25, 0.3) is 5.91 Å². The normalized spacial score (nSPS) is 21.3. The molecule has 2 fully saturated rings. The molecule has 0 radical (unpaired) electrons. The first kappa shape index (κ1) is 18.4. The van der Waals surface area contributed by atoms with Gasteiger partial charge in [0.05, 0.1) is 0 Å². The molecule has 0 N–H and O–H groups in total. The third-order valence-corrected chi connectivity index (χ3v) is 5.87. The van der Waals surface area contributed by atoms with Crippen molar-refractivity contribution in [2.45, 2.75) is 52.1 Å². The Morgan fingerprint density at radius 2 is 1.60 bits per heavy atom.